The van der Waals surface area contributed by atoms with Crippen LogP contribution in [-0.2, 0) is 4.79 Å². The molecule has 2 heteroatoms. The van der Waals surface area contributed by atoms with Crippen LogP contribution in [0.1, 0.15) is 90.4 Å². The third kappa shape index (κ3) is 8.41. The van der Waals surface area contributed by atoms with Crippen molar-refractivity contribution in [3.05, 3.63) is 0 Å². The highest BCUT2D eigenvalue weighted by Gasteiger charge is 2.18. The molecular weight excluding hydrogens is 234 g/mol. The van der Waals surface area contributed by atoms with Crippen LogP contribution in [0.25, 0.3) is 0 Å². The van der Waals surface area contributed by atoms with Gasteiger partial charge in [-0.05, 0) is 25.8 Å². The van der Waals surface area contributed by atoms with E-state index in [0.717, 1.165) is 25.8 Å². The van der Waals surface area contributed by atoms with E-state index in [1.807, 2.05) is 0 Å². The highest BCUT2D eigenvalue weighted by molar-refractivity contribution is 5.83. The number of hydrogen-bond acceptors (Lipinski definition) is 2. The Morgan fingerprint density at radius 2 is 1.63 bits per heavy atom. The van der Waals surface area contributed by atoms with Crippen molar-refractivity contribution in [2.75, 3.05) is 6.54 Å². The Kier molecular flexibility index (Phi) is 10.1. The molecule has 0 saturated carbocycles. The topological polar surface area (TPSA) is 29.1 Å². The van der Waals surface area contributed by atoms with E-state index in [1.54, 1.807) is 0 Å². The number of nitrogens with one attached hydrogen (secondary N) is 1. The van der Waals surface area contributed by atoms with Crippen molar-refractivity contribution < 1.29 is 4.79 Å². The number of unbranched alkanes of at least 4 members (excludes halogenated alkanes) is 7. The molecule has 1 fully saturated rings. The number of hydrogen-bond donors (Lipinski definition) is 1. The second-order valence-electron chi connectivity index (χ2n) is 6.05. The van der Waals surface area contributed by atoms with Crippen LogP contribution in [0.2, 0.25) is 0 Å². The molecule has 0 aromatic rings. The van der Waals surface area contributed by atoms with E-state index >= 15 is 0 Å². The zero-order valence-corrected chi connectivity index (χ0v) is 12.9. The summed E-state index contributed by atoms with van der Waals surface area (Å²) >= 11 is 0. The maximum atomic E-state index is 12.1. The monoisotopic (exact) mass is 267 g/mol. The first-order valence-corrected chi connectivity index (χ1v) is 8.60. The normalized spacial score (nSPS) is 20.2. The second kappa shape index (κ2) is 11.5. The molecule has 1 N–H and O–H groups in total. The van der Waals surface area contributed by atoms with Crippen molar-refractivity contribution in [3.8, 4) is 0 Å². The summed E-state index contributed by atoms with van der Waals surface area (Å²) in [6.45, 7) is 3.29. The van der Waals surface area contributed by atoms with Crippen LogP contribution in [0.5, 0.6) is 0 Å². The van der Waals surface area contributed by atoms with E-state index in [4.69, 9.17) is 0 Å². The molecule has 0 spiro atoms. The third-order valence-electron chi connectivity index (χ3n) is 4.23. The molecule has 0 aromatic heterocycles. The lowest BCUT2D eigenvalue weighted by molar-refractivity contribution is -0.121. The van der Waals surface area contributed by atoms with Gasteiger partial charge in [0.1, 0.15) is 5.78 Å². The largest absolute Gasteiger partial charge is 0.307 e. The Bertz CT molecular complexity index is 219. The Morgan fingerprint density at radius 1 is 0.947 bits per heavy atom. The molecule has 0 radical (unpaired) electrons. The smallest absolute Gasteiger partial charge is 0.149 e. The van der Waals surface area contributed by atoms with Gasteiger partial charge in [0.15, 0.2) is 0 Å². The summed E-state index contributed by atoms with van der Waals surface area (Å²) in [6.07, 6.45) is 16.1. The fraction of sp³-hybridized carbons (Fsp3) is 0.941. The number of Topliss-reactive ketones (excluding diaryl/α,β-unsaturated/α-hetero) is 1. The molecule has 0 bridgehead atoms. The molecule has 1 atom stereocenters. The Balaban J connectivity index is 1.94. The number of rotatable bonds is 10. The predicted octanol–water partition coefficient (Wildman–Crippen LogP) is 4.62. The van der Waals surface area contributed by atoms with Crippen molar-refractivity contribution in [2.45, 2.75) is 96.4 Å². The highest BCUT2D eigenvalue weighted by Crippen LogP contribution is 2.13. The SMILES string of the molecule is CCCCCCCCCCC(=O)C1CCCCCN1. The average Bonchev–Trinajstić information content (AvgIpc) is 2.70. The van der Waals surface area contributed by atoms with Gasteiger partial charge in [-0.25, -0.2) is 0 Å². The predicted molar refractivity (Wildman–Crippen MR) is 82.5 cm³/mol. The minimum absolute atomic E-state index is 0.173. The van der Waals surface area contributed by atoms with Crippen LogP contribution in [0, 0.1) is 0 Å². The molecule has 1 saturated heterocycles. The van der Waals surface area contributed by atoms with E-state index in [-0.39, 0.29) is 6.04 Å². The van der Waals surface area contributed by atoms with Gasteiger partial charge in [0.2, 0.25) is 0 Å². The fourth-order valence-electron chi connectivity index (χ4n) is 2.91. The minimum atomic E-state index is 0.173. The standard InChI is InChI=1S/C17H33NO/c1-2-3-4-5-6-7-8-11-14-17(19)16-13-10-9-12-15-18-16/h16,18H,2-15H2,1H3. The van der Waals surface area contributed by atoms with Crippen molar-refractivity contribution in [1.82, 2.24) is 5.32 Å². The van der Waals surface area contributed by atoms with E-state index < -0.39 is 0 Å². The zero-order valence-electron chi connectivity index (χ0n) is 12.9. The van der Waals surface area contributed by atoms with Crippen molar-refractivity contribution in [1.29, 1.82) is 0 Å². The summed E-state index contributed by atoms with van der Waals surface area (Å²) in [4.78, 5) is 12.1. The maximum Gasteiger partial charge on any atom is 0.149 e. The van der Waals surface area contributed by atoms with Crippen molar-refractivity contribution in [2.24, 2.45) is 0 Å². The van der Waals surface area contributed by atoms with Crippen LogP contribution >= 0.6 is 0 Å². The maximum absolute atomic E-state index is 12.1. The van der Waals surface area contributed by atoms with Gasteiger partial charge in [0.05, 0.1) is 6.04 Å². The van der Waals surface area contributed by atoms with Gasteiger partial charge >= 0.3 is 0 Å². The van der Waals surface area contributed by atoms with Gasteiger partial charge < -0.3 is 5.32 Å². The third-order valence-corrected chi connectivity index (χ3v) is 4.23. The second-order valence-corrected chi connectivity index (χ2v) is 6.05. The first-order chi connectivity index (χ1) is 9.34. The van der Waals surface area contributed by atoms with Crippen molar-refractivity contribution in [3.63, 3.8) is 0 Å². The summed E-state index contributed by atoms with van der Waals surface area (Å²) in [7, 11) is 0. The zero-order chi connectivity index (χ0) is 13.8. The van der Waals surface area contributed by atoms with E-state index in [0.29, 0.717) is 5.78 Å². The lowest BCUT2D eigenvalue weighted by Crippen LogP contribution is -2.35. The quantitative estimate of drug-likeness (QED) is 0.585. The highest BCUT2D eigenvalue weighted by atomic mass is 16.1. The molecule has 0 amide bonds. The first-order valence-electron chi connectivity index (χ1n) is 8.60. The summed E-state index contributed by atoms with van der Waals surface area (Å²) in [5.74, 6) is 0.466. The van der Waals surface area contributed by atoms with Crippen LogP contribution in [0.3, 0.4) is 0 Å². The first kappa shape index (κ1) is 16.7. The van der Waals surface area contributed by atoms with Crippen LogP contribution < -0.4 is 5.32 Å². The minimum Gasteiger partial charge on any atom is -0.307 e. The Hall–Kier alpha value is -0.370. The number of carbonyl (C=O) groups excluding carboxylic acids is 1. The molecule has 1 heterocycles. The molecular formula is C17H33NO. The molecule has 1 aliphatic rings. The summed E-state index contributed by atoms with van der Waals surface area (Å²) in [5.41, 5.74) is 0. The van der Waals surface area contributed by atoms with Gasteiger partial charge in [-0.3, -0.25) is 4.79 Å². The summed E-state index contributed by atoms with van der Waals surface area (Å²) in [5, 5.41) is 3.41. The van der Waals surface area contributed by atoms with Gasteiger partial charge in [-0.1, -0.05) is 64.7 Å². The van der Waals surface area contributed by atoms with E-state index in [1.165, 1.54) is 64.2 Å². The summed E-state index contributed by atoms with van der Waals surface area (Å²) in [6, 6.07) is 0.173. The fourth-order valence-corrected chi connectivity index (χ4v) is 2.91. The lowest BCUT2D eigenvalue weighted by atomic mass is 10.0. The van der Waals surface area contributed by atoms with Crippen molar-refractivity contribution >= 4 is 5.78 Å². The van der Waals surface area contributed by atoms with Gasteiger partial charge in [0, 0.05) is 6.42 Å². The number of ketones is 1. The Morgan fingerprint density at radius 3 is 2.37 bits per heavy atom. The van der Waals surface area contributed by atoms with E-state index in [2.05, 4.69) is 12.2 Å². The van der Waals surface area contributed by atoms with Crippen LogP contribution in [0.15, 0.2) is 0 Å². The molecule has 1 unspecified atom stereocenters. The van der Waals surface area contributed by atoms with Gasteiger partial charge in [0.25, 0.3) is 0 Å². The molecule has 19 heavy (non-hydrogen) atoms. The lowest BCUT2D eigenvalue weighted by Gasteiger charge is -2.14. The molecule has 0 aromatic carbocycles. The van der Waals surface area contributed by atoms with Gasteiger partial charge in [-0.2, -0.15) is 0 Å². The molecule has 1 aliphatic heterocycles. The molecule has 112 valence electrons. The molecule has 2 nitrogen and oxygen atoms in total. The van der Waals surface area contributed by atoms with E-state index in [9.17, 15) is 4.79 Å². The average molecular weight is 267 g/mol. The number of carbonyl (C=O) groups is 1. The van der Waals surface area contributed by atoms with Gasteiger partial charge in [-0.15, -0.1) is 0 Å². The summed E-state index contributed by atoms with van der Waals surface area (Å²) < 4.78 is 0. The molecule has 1 rings (SSSR count). The Labute approximate surface area is 119 Å². The van der Waals surface area contributed by atoms with Crippen LogP contribution in [0.4, 0.5) is 0 Å². The molecule has 0 aliphatic carbocycles. The van der Waals surface area contributed by atoms with Crippen LogP contribution in [-0.4, -0.2) is 18.4 Å².